The molecule has 0 aliphatic carbocycles. The molecule has 2 N–H and O–H groups in total. The van der Waals surface area contributed by atoms with Crippen LogP contribution in [0.2, 0.25) is 0 Å². The number of nitrogens with one attached hydrogen (secondary N) is 2. The van der Waals surface area contributed by atoms with Crippen molar-refractivity contribution in [2.45, 2.75) is 6.92 Å². The van der Waals surface area contributed by atoms with Crippen LogP contribution in [0, 0.1) is 12.7 Å². The molecule has 2 aromatic heterocycles. The Hall–Kier alpha value is -3.74. The molecule has 0 saturated carbocycles. The van der Waals surface area contributed by atoms with Gasteiger partial charge in [-0.15, -0.1) is 0 Å². The van der Waals surface area contributed by atoms with E-state index in [0.717, 1.165) is 16.5 Å². The topological polar surface area (TPSA) is 79.9 Å². The standard InChI is InChI=1S/C22H19FN4O2/c1-12-13(6-4-7-14(12)22(28)24-2)21-15-10-17(25-11-18(15)26-27-21)20-16(23)8-5-9-19(20)29-3/h4-11H,1-3H3,(H,24,28)(H,26,27). The molecule has 0 saturated heterocycles. The molecule has 0 radical (unpaired) electrons. The number of fused-ring (bicyclic) bond motifs is 1. The number of H-pyrrole nitrogens is 1. The second kappa shape index (κ2) is 7.35. The molecule has 0 unspecified atom stereocenters. The van der Waals surface area contributed by atoms with Crippen molar-refractivity contribution >= 4 is 16.8 Å². The molecule has 4 aromatic rings. The summed E-state index contributed by atoms with van der Waals surface area (Å²) in [5.41, 5.74) is 4.31. The predicted octanol–water partition coefficient (Wildman–Crippen LogP) is 4.11. The maximum Gasteiger partial charge on any atom is 0.251 e. The lowest BCUT2D eigenvalue weighted by atomic mass is 9.97. The number of ether oxygens (including phenoxy) is 1. The van der Waals surface area contributed by atoms with Gasteiger partial charge < -0.3 is 10.1 Å². The van der Waals surface area contributed by atoms with Gasteiger partial charge >= 0.3 is 0 Å². The van der Waals surface area contributed by atoms with Gasteiger partial charge in [-0.1, -0.05) is 18.2 Å². The maximum atomic E-state index is 14.5. The number of pyridine rings is 1. The summed E-state index contributed by atoms with van der Waals surface area (Å²) < 4.78 is 19.8. The smallest absolute Gasteiger partial charge is 0.251 e. The molecule has 6 nitrogen and oxygen atoms in total. The quantitative estimate of drug-likeness (QED) is 0.550. The number of carbonyl (C=O) groups is 1. The van der Waals surface area contributed by atoms with Crippen molar-refractivity contribution in [3.63, 3.8) is 0 Å². The van der Waals surface area contributed by atoms with Crippen molar-refractivity contribution < 1.29 is 13.9 Å². The zero-order chi connectivity index (χ0) is 20.5. The van der Waals surface area contributed by atoms with E-state index in [1.165, 1.54) is 13.2 Å². The Morgan fingerprint density at radius 2 is 2.00 bits per heavy atom. The van der Waals surface area contributed by atoms with Crippen molar-refractivity contribution in [3.05, 3.63) is 65.6 Å². The highest BCUT2D eigenvalue weighted by Crippen LogP contribution is 2.35. The van der Waals surface area contributed by atoms with Gasteiger partial charge in [0.05, 0.1) is 30.1 Å². The van der Waals surface area contributed by atoms with Crippen LogP contribution < -0.4 is 10.1 Å². The number of benzene rings is 2. The third kappa shape index (κ3) is 3.10. The fourth-order valence-corrected chi connectivity index (χ4v) is 3.45. The molecule has 2 aromatic carbocycles. The number of methoxy groups -OCH3 is 1. The first kappa shape index (κ1) is 18.6. The van der Waals surface area contributed by atoms with E-state index in [1.807, 2.05) is 19.1 Å². The van der Waals surface area contributed by atoms with Crippen LogP contribution in [0.15, 0.2) is 48.7 Å². The highest BCUT2D eigenvalue weighted by molar-refractivity contribution is 6.00. The minimum absolute atomic E-state index is 0.164. The van der Waals surface area contributed by atoms with Crippen molar-refractivity contribution in [3.8, 4) is 28.3 Å². The third-order valence-corrected chi connectivity index (χ3v) is 4.96. The van der Waals surface area contributed by atoms with E-state index in [0.29, 0.717) is 33.8 Å². The van der Waals surface area contributed by atoms with E-state index in [4.69, 9.17) is 4.74 Å². The molecule has 0 bridgehead atoms. The van der Waals surface area contributed by atoms with Gasteiger partial charge in [0.25, 0.3) is 5.91 Å². The summed E-state index contributed by atoms with van der Waals surface area (Å²) in [7, 11) is 3.09. The van der Waals surface area contributed by atoms with Crippen molar-refractivity contribution in [1.82, 2.24) is 20.5 Å². The average Bonchev–Trinajstić information content (AvgIpc) is 3.16. The number of hydrogen-bond donors (Lipinski definition) is 2. The number of rotatable bonds is 4. The summed E-state index contributed by atoms with van der Waals surface area (Å²) in [6, 6.07) is 11.9. The molecule has 1 amide bonds. The van der Waals surface area contributed by atoms with Crippen molar-refractivity contribution in [2.24, 2.45) is 0 Å². The minimum atomic E-state index is -0.418. The molecule has 146 valence electrons. The van der Waals surface area contributed by atoms with Crippen LogP contribution in [-0.4, -0.2) is 35.2 Å². The van der Waals surface area contributed by atoms with Gasteiger partial charge in [0, 0.05) is 23.6 Å². The van der Waals surface area contributed by atoms with E-state index in [2.05, 4.69) is 20.5 Å². The van der Waals surface area contributed by atoms with Crippen LogP contribution in [0.4, 0.5) is 4.39 Å². The molecule has 0 fully saturated rings. The lowest BCUT2D eigenvalue weighted by Crippen LogP contribution is -2.19. The van der Waals surface area contributed by atoms with E-state index < -0.39 is 5.82 Å². The molecule has 0 spiro atoms. The Kier molecular flexibility index (Phi) is 4.72. The number of carbonyl (C=O) groups excluding carboxylic acids is 1. The third-order valence-electron chi connectivity index (χ3n) is 4.96. The Morgan fingerprint density at radius 1 is 1.21 bits per heavy atom. The van der Waals surface area contributed by atoms with E-state index in [9.17, 15) is 9.18 Å². The maximum absolute atomic E-state index is 14.5. The van der Waals surface area contributed by atoms with E-state index in [1.54, 1.807) is 37.5 Å². The zero-order valence-electron chi connectivity index (χ0n) is 16.2. The SMILES string of the molecule is CNC(=O)c1cccc(-c2n[nH]c3cnc(-c4c(F)cccc4OC)cc23)c1C. The second-order valence-corrected chi connectivity index (χ2v) is 6.56. The molecule has 4 rings (SSSR count). The van der Waals surface area contributed by atoms with Crippen LogP contribution in [0.25, 0.3) is 33.4 Å². The van der Waals surface area contributed by atoms with Gasteiger partial charge in [-0.2, -0.15) is 5.10 Å². The Morgan fingerprint density at radius 3 is 2.76 bits per heavy atom. The first-order chi connectivity index (χ1) is 14.0. The Balaban J connectivity index is 1.92. The zero-order valence-corrected chi connectivity index (χ0v) is 16.2. The monoisotopic (exact) mass is 390 g/mol. The van der Waals surface area contributed by atoms with E-state index >= 15 is 0 Å². The number of amides is 1. The lowest BCUT2D eigenvalue weighted by molar-refractivity contribution is 0.0962. The number of hydrogen-bond acceptors (Lipinski definition) is 4. The fraction of sp³-hybridized carbons (Fsp3) is 0.136. The molecule has 0 aliphatic heterocycles. The van der Waals surface area contributed by atoms with Gasteiger partial charge in [0.15, 0.2) is 0 Å². The normalized spacial score (nSPS) is 10.9. The fourth-order valence-electron chi connectivity index (χ4n) is 3.45. The molecule has 0 atom stereocenters. The van der Waals surface area contributed by atoms with E-state index in [-0.39, 0.29) is 5.91 Å². The summed E-state index contributed by atoms with van der Waals surface area (Å²) in [5, 5.41) is 10.8. The summed E-state index contributed by atoms with van der Waals surface area (Å²) in [6.07, 6.45) is 1.62. The lowest BCUT2D eigenvalue weighted by Gasteiger charge is -2.10. The highest BCUT2D eigenvalue weighted by atomic mass is 19.1. The highest BCUT2D eigenvalue weighted by Gasteiger charge is 2.18. The van der Waals surface area contributed by atoms with Crippen molar-refractivity contribution in [1.29, 1.82) is 0 Å². The summed E-state index contributed by atoms with van der Waals surface area (Å²) in [4.78, 5) is 16.5. The summed E-state index contributed by atoms with van der Waals surface area (Å²) in [5.74, 6) is -0.179. The Labute approximate surface area is 166 Å². The average molecular weight is 390 g/mol. The van der Waals surface area contributed by atoms with Crippen LogP contribution >= 0.6 is 0 Å². The summed E-state index contributed by atoms with van der Waals surface area (Å²) in [6.45, 7) is 1.88. The first-order valence-corrected chi connectivity index (χ1v) is 9.04. The van der Waals surface area contributed by atoms with Crippen LogP contribution in [-0.2, 0) is 0 Å². The van der Waals surface area contributed by atoms with Gasteiger partial charge in [0.1, 0.15) is 17.3 Å². The molecule has 0 aliphatic rings. The molecular formula is C22H19FN4O2. The largest absolute Gasteiger partial charge is 0.496 e. The predicted molar refractivity (Wildman–Crippen MR) is 109 cm³/mol. The van der Waals surface area contributed by atoms with Gasteiger partial charge in [-0.25, -0.2) is 4.39 Å². The van der Waals surface area contributed by atoms with Crippen LogP contribution in [0.5, 0.6) is 5.75 Å². The molecule has 7 heteroatoms. The second-order valence-electron chi connectivity index (χ2n) is 6.56. The van der Waals surface area contributed by atoms with Gasteiger partial charge in [-0.05, 0) is 36.8 Å². The Bertz CT molecular complexity index is 1230. The van der Waals surface area contributed by atoms with Crippen molar-refractivity contribution in [2.75, 3.05) is 14.2 Å². The number of nitrogens with zero attached hydrogens (tertiary/aromatic N) is 2. The number of halogens is 1. The first-order valence-electron chi connectivity index (χ1n) is 9.04. The van der Waals surface area contributed by atoms with Crippen LogP contribution in [0.3, 0.4) is 0 Å². The van der Waals surface area contributed by atoms with Gasteiger partial charge in [0.2, 0.25) is 0 Å². The minimum Gasteiger partial charge on any atom is -0.496 e. The van der Waals surface area contributed by atoms with Crippen LogP contribution in [0.1, 0.15) is 15.9 Å². The number of aromatic amines is 1. The number of aromatic nitrogens is 3. The summed E-state index contributed by atoms with van der Waals surface area (Å²) >= 11 is 0. The van der Waals surface area contributed by atoms with Gasteiger partial charge in [-0.3, -0.25) is 14.9 Å². The molecule has 29 heavy (non-hydrogen) atoms. The molecular weight excluding hydrogens is 371 g/mol. The molecule has 2 heterocycles.